The van der Waals surface area contributed by atoms with Crippen LogP contribution in [-0.4, -0.2) is 18.2 Å². The fourth-order valence-electron chi connectivity index (χ4n) is 2.45. The first-order valence-corrected chi connectivity index (χ1v) is 9.20. The van der Waals surface area contributed by atoms with Crippen molar-refractivity contribution in [1.82, 2.24) is 5.32 Å². The van der Waals surface area contributed by atoms with Gasteiger partial charge in [0.2, 0.25) is 5.91 Å². The van der Waals surface area contributed by atoms with Gasteiger partial charge in [-0.25, -0.2) is 0 Å². The van der Waals surface area contributed by atoms with Crippen molar-refractivity contribution in [1.29, 1.82) is 0 Å². The molecular formula is C20H18ClNOS. The van der Waals surface area contributed by atoms with E-state index >= 15 is 0 Å². The zero-order chi connectivity index (χ0) is 16.8. The summed E-state index contributed by atoms with van der Waals surface area (Å²) >= 11 is 7.42. The van der Waals surface area contributed by atoms with Crippen molar-refractivity contribution in [3.8, 4) is 0 Å². The van der Waals surface area contributed by atoms with E-state index in [0.29, 0.717) is 12.3 Å². The summed E-state index contributed by atoms with van der Waals surface area (Å²) in [6, 6.07) is 22.2. The Morgan fingerprint density at radius 3 is 2.50 bits per heavy atom. The standard InChI is InChI=1S/C20H18ClNOS/c21-18-8-5-15(6-9-18)11-12-22-20(23)14-24-19-10-7-16-3-1-2-4-17(16)13-19/h1-10,13H,11-12,14H2,(H,22,23). The highest BCUT2D eigenvalue weighted by Gasteiger charge is 2.03. The molecule has 1 N–H and O–H groups in total. The molecule has 0 aliphatic heterocycles. The van der Waals surface area contributed by atoms with Gasteiger partial charge in [-0.3, -0.25) is 4.79 Å². The van der Waals surface area contributed by atoms with Crippen LogP contribution in [0.1, 0.15) is 5.56 Å². The Bertz CT molecular complexity index is 832. The second kappa shape index (κ2) is 8.22. The third kappa shape index (κ3) is 4.76. The van der Waals surface area contributed by atoms with Crippen molar-refractivity contribution in [2.24, 2.45) is 0 Å². The molecule has 0 aliphatic rings. The summed E-state index contributed by atoms with van der Waals surface area (Å²) in [6.07, 6.45) is 0.809. The van der Waals surface area contributed by atoms with Gasteiger partial charge in [0.1, 0.15) is 0 Å². The normalized spacial score (nSPS) is 10.7. The van der Waals surface area contributed by atoms with E-state index in [0.717, 1.165) is 16.3 Å². The maximum absolute atomic E-state index is 12.0. The zero-order valence-electron chi connectivity index (χ0n) is 13.2. The van der Waals surface area contributed by atoms with Gasteiger partial charge in [0.05, 0.1) is 5.75 Å². The predicted octanol–water partition coefficient (Wildman–Crippen LogP) is 4.94. The minimum absolute atomic E-state index is 0.0575. The van der Waals surface area contributed by atoms with Crippen molar-refractivity contribution in [2.75, 3.05) is 12.3 Å². The monoisotopic (exact) mass is 355 g/mol. The van der Waals surface area contributed by atoms with Gasteiger partial charge in [-0.15, -0.1) is 11.8 Å². The van der Waals surface area contributed by atoms with E-state index in [2.05, 4.69) is 35.6 Å². The Kier molecular flexibility index (Phi) is 5.78. The van der Waals surface area contributed by atoms with Crippen molar-refractivity contribution in [2.45, 2.75) is 11.3 Å². The lowest BCUT2D eigenvalue weighted by Gasteiger charge is -2.06. The molecule has 0 aliphatic carbocycles. The van der Waals surface area contributed by atoms with Gasteiger partial charge in [-0.05, 0) is 47.0 Å². The largest absolute Gasteiger partial charge is 0.355 e. The van der Waals surface area contributed by atoms with Crippen molar-refractivity contribution >= 4 is 40.0 Å². The predicted molar refractivity (Wildman–Crippen MR) is 103 cm³/mol. The number of fused-ring (bicyclic) bond motifs is 1. The average molecular weight is 356 g/mol. The molecule has 3 rings (SSSR count). The Balaban J connectivity index is 1.45. The van der Waals surface area contributed by atoms with Gasteiger partial charge < -0.3 is 5.32 Å². The fourth-order valence-corrected chi connectivity index (χ4v) is 3.35. The third-order valence-electron chi connectivity index (χ3n) is 3.74. The molecule has 0 radical (unpaired) electrons. The summed E-state index contributed by atoms with van der Waals surface area (Å²) < 4.78 is 0. The van der Waals surface area contributed by atoms with Gasteiger partial charge in [0.15, 0.2) is 0 Å². The number of thioether (sulfide) groups is 1. The highest BCUT2D eigenvalue weighted by molar-refractivity contribution is 8.00. The van der Waals surface area contributed by atoms with Crippen LogP contribution in [0.3, 0.4) is 0 Å². The summed E-state index contributed by atoms with van der Waals surface area (Å²) in [7, 11) is 0. The number of hydrogen-bond acceptors (Lipinski definition) is 2. The Labute approximate surface area is 151 Å². The second-order valence-corrected chi connectivity index (χ2v) is 7.01. The van der Waals surface area contributed by atoms with E-state index < -0.39 is 0 Å². The van der Waals surface area contributed by atoms with Crippen LogP contribution in [0.2, 0.25) is 5.02 Å². The molecular weight excluding hydrogens is 338 g/mol. The molecule has 0 spiro atoms. The van der Waals surface area contributed by atoms with Crippen LogP contribution in [-0.2, 0) is 11.2 Å². The lowest BCUT2D eigenvalue weighted by atomic mass is 10.1. The molecule has 3 aromatic carbocycles. The van der Waals surface area contributed by atoms with Crippen LogP contribution in [0, 0.1) is 0 Å². The number of hydrogen-bond donors (Lipinski definition) is 1. The lowest BCUT2D eigenvalue weighted by Crippen LogP contribution is -2.27. The zero-order valence-corrected chi connectivity index (χ0v) is 14.7. The van der Waals surface area contributed by atoms with Gasteiger partial charge in [0, 0.05) is 16.5 Å². The minimum atomic E-state index is 0.0575. The quantitative estimate of drug-likeness (QED) is 0.634. The Morgan fingerprint density at radius 1 is 0.958 bits per heavy atom. The maximum Gasteiger partial charge on any atom is 0.230 e. The smallest absolute Gasteiger partial charge is 0.230 e. The third-order valence-corrected chi connectivity index (χ3v) is 4.99. The summed E-state index contributed by atoms with van der Waals surface area (Å²) in [4.78, 5) is 13.1. The first-order valence-electron chi connectivity index (χ1n) is 7.83. The van der Waals surface area contributed by atoms with E-state index in [9.17, 15) is 4.79 Å². The molecule has 0 unspecified atom stereocenters. The van der Waals surface area contributed by atoms with E-state index in [1.165, 1.54) is 16.3 Å². The van der Waals surface area contributed by atoms with Crippen molar-refractivity contribution in [3.63, 3.8) is 0 Å². The van der Waals surface area contributed by atoms with Crippen LogP contribution >= 0.6 is 23.4 Å². The number of rotatable bonds is 6. The van der Waals surface area contributed by atoms with E-state index in [1.807, 2.05) is 36.4 Å². The Hall–Kier alpha value is -1.97. The molecule has 0 fully saturated rings. The highest BCUT2D eigenvalue weighted by atomic mass is 35.5. The molecule has 2 nitrogen and oxygen atoms in total. The molecule has 3 aromatic rings. The Morgan fingerprint density at radius 2 is 1.71 bits per heavy atom. The van der Waals surface area contributed by atoms with Crippen molar-refractivity contribution < 1.29 is 4.79 Å². The van der Waals surface area contributed by atoms with Crippen LogP contribution in [0.25, 0.3) is 10.8 Å². The number of nitrogens with one attached hydrogen (secondary N) is 1. The summed E-state index contributed by atoms with van der Waals surface area (Å²) in [6.45, 7) is 0.638. The molecule has 1 amide bonds. The number of carbonyl (C=O) groups is 1. The number of benzene rings is 3. The average Bonchev–Trinajstić information content (AvgIpc) is 2.61. The minimum Gasteiger partial charge on any atom is -0.355 e. The molecule has 0 bridgehead atoms. The lowest BCUT2D eigenvalue weighted by molar-refractivity contribution is -0.118. The summed E-state index contributed by atoms with van der Waals surface area (Å²) in [5.74, 6) is 0.487. The molecule has 4 heteroatoms. The fraction of sp³-hybridized carbons (Fsp3) is 0.150. The van der Waals surface area contributed by atoms with Crippen LogP contribution in [0.4, 0.5) is 0 Å². The van der Waals surface area contributed by atoms with Gasteiger partial charge >= 0.3 is 0 Å². The molecule has 0 atom stereocenters. The molecule has 122 valence electrons. The van der Waals surface area contributed by atoms with E-state index in [4.69, 9.17) is 11.6 Å². The van der Waals surface area contributed by atoms with Crippen LogP contribution in [0.5, 0.6) is 0 Å². The molecule has 0 aromatic heterocycles. The molecule has 0 saturated carbocycles. The summed E-state index contributed by atoms with van der Waals surface area (Å²) in [5.41, 5.74) is 1.17. The van der Waals surface area contributed by atoms with Gasteiger partial charge in [0.25, 0.3) is 0 Å². The number of carbonyl (C=O) groups excluding carboxylic acids is 1. The molecule has 0 heterocycles. The maximum atomic E-state index is 12.0. The van der Waals surface area contributed by atoms with E-state index in [-0.39, 0.29) is 5.91 Å². The molecule has 24 heavy (non-hydrogen) atoms. The first kappa shape index (κ1) is 16.9. The first-order chi connectivity index (χ1) is 11.7. The topological polar surface area (TPSA) is 29.1 Å². The SMILES string of the molecule is O=C(CSc1ccc2ccccc2c1)NCCc1ccc(Cl)cc1. The number of halogens is 1. The second-order valence-electron chi connectivity index (χ2n) is 5.52. The van der Waals surface area contributed by atoms with Gasteiger partial charge in [-0.1, -0.05) is 54.1 Å². The van der Waals surface area contributed by atoms with Gasteiger partial charge in [-0.2, -0.15) is 0 Å². The van der Waals surface area contributed by atoms with E-state index in [1.54, 1.807) is 11.8 Å². The summed E-state index contributed by atoms with van der Waals surface area (Å²) in [5, 5.41) is 6.11. The van der Waals surface area contributed by atoms with Crippen LogP contribution in [0.15, 0.2) is 71.6 Å². The molecule has 0 saturated heterocycles. The highest BCUT2D eigenvalue weighted by Crippen LogP contribution is 2.23. The number of amides is 1. The van der Waals surface area contributed by atoms with Crippen molar-refractivity contribution in [3.05, 3.63) is 77.3 Å². The van der Waals surface area contributed by atoms with Crippen LogP contribution < -0.4 is 5.32 Å².